The lowest BCUT2D eigenvalue weighted by Gasteiger charge is -2.31. The third kappa shape index (κ3) is 3.87. The van der Waals surface area contributed by atoms with E-state index in [1.165, 1.54) is 10.8 Å². The molecule has 0 saturated carbocycles. The van der Waals surface area contributed by atoms with Crippen molar-refractivity contribution in [1.29, 1.82) is 0 Å². The van der Waals surface area contributed by atoms with Crippen LogP contribution in [-0.4, -0.2) is 38.2 Å². The zero-order chi connectivity index (χ0) is 20.5. The minimum atomic E-state index is -0.372. The van der Waals surface area contributed by atoms with Crippen LogP contribution in [0, 0.1) is 19.8 Å². The number of aryl methyl sites for hydroxylation is 2. The SMILES string of the molecule is Cc1cccc(C)c1NC(=O)Cn1nc2nc(N3CCCC(C)C3)ccn2c1=O. The molecule has 3 aromatic rings. The van der Waals surface area contributed by atoms with Crippen LogP contribution < -0.4 is 15.9 Å². The highest BCUT2D eigenvalue weighted by molar-refractivity contribution is 5.92. The summed E-state index contributed by atoms with van der Waals surface area (Å²) in [6, 6.07) is 7.66. The number of rotatable bonds is 4. The second-order valence-corrected chi connectivity index (χ2v) is 7.90. The number of benzene rings is 1. The fourth-order valence-electron chi connectivity index (χ4n) is 3.90. The molecule has 8 nitrogen and oxygen atoms in total. The van der Waals surface area contributed by atoms with E-state index in [2.05, 4.69) is 27.2 Å². The van der Waals surface area contributed by atoms with Gasteiger partial charge in [0.1, 0.15) is 12.4 Å². The first-order valence-electron chi connectivity index (χ1n) is 9.99. The summed E-state index contributed by atoms with van der Waals surface area (Å²) >= 11 is 0. The Balaban J connectivity index is 1.55. The molecular formula is C21H26N6O2. The third-order valence-electron chi connectivity index (χ3n) is 5.46. The van der Waals surface area contributed by atoms with E-state index >= 15 is 0 Å². The van der Waals surface area contributed by atoms with E-state index in [-0.39, 0.29) is 18.1 Å². The normalized spacial score (nSPS) is 16.9. The average Bonchev–Trinajstić information content (AvgIpc) is 3.00. The van der Waals surface area contributed by atoms with E-state index < -0.39 is 0 Å². The molecule has 1 N–H and O–H groups in total. The largest absolute Gasteiger partial charge is 0.356 e. The highest BCUT2D eigenvalue weighted by Gasteiger charge is 2.19. The van der Waals surface area contributed by atoms with Gasteiger partial charge >= 0.3 is 5.69 Å². The van der Waals surface area contributed by atoms with Crippen molar-refractivity contribution in [2.45, 2.75) is 40.2 Å². The molecule has 1 amide bonds. The van der Waals surface area contributed by atoms with Crippen molar-refractivity contribution in [3.63, 3.8) is 0 Å². The molecule has 4 rings (SSSR count). The van der Waals surface area contributed by atoms with Crippen LogP contribution in [0.5, 0.6) is 0 Å². The van der Waals surface area contributed by atoms with Crippen molar-refractivity contribution in [3.05, 3.63) is 52.1 Å². The molecule has 0 radical (unpaired) electrons. The van der Waals surface area contributed by atoms with Crippen molar-refractivity contribution in [2.24, 2.45) is 5.92 Å². The number of carbonyl (C=O) groups excluding carboxylic acids is 1. The van der Waals surface area contributed by atoms with Crippen LogP contribution in [0.3, 0.4) is 0 Å². The molecule has 1 aromatic carbocycles. The molecule has 1 atom stereocenters. The van der Waals surface area contributed by atoms with Gasteiger partial charge in [-0.25, -0.2) is 13.9 Å². The molecule has 152 valence electrons. The van der Waals surface area contributed by atoms with Crippen LogP contribution in [0.1, 0.15) is 30.9 Å². The number of carbonyl (C=O) groups is 1. The van der Waals surface area contributed by atoms with Gasteiger partial charge in [-0.15, -0.1) is 5.10 Å². The van der Waals surface area contributed by atoms with Crippen LogP contribution in [0.25, 0.3) is 5.78 Å². The molecule has 0 aliphatic carbocycles. The third-order valence-corrected chi connectivity index (χ3v) is 5.46. The molecule has 3 heterocycles. The Kier molecular flexibility index (Phi) is 5.08. The average molecular weight is 394 g/mol. The van der Waals surface area contributed by atoms with Crippen LogP contribution in [0.2, 0.25) is 0 Å². The fraction of sp³-hybridized carbons (Fsp3) is 0.429. The highest BCUT2D eigenvalue weighted by Crippen LogP contribution is 2.21. The van der Waals surface area contributed by atoms with Crippen molar-refractivity contribution >= 4 is 23.2 Å². The second-order valence-electron chi connectivity index (χ2n) is 7.90. The van der Waals surface area contributed by atoms with Gasteiger partial charge in [0, 0.05) is 25.0 Å². The minimum Gasteiger partial charge on any atom is -0.356 e. The number of nitrogens with one attached hydrogen (secondary N) is 1. The number of nitrogens with zero attached hydrogens (tertiary/aromatic N) is 5. The molecule has 1 unspecified atom stereocenters. The van der Waals surface area contributed by atoms with E-state index in [4.69, 9.17) is 0 Å². The molecule has 1 fully saturated rings. The number of amides is 1. The smallest absolute Gasteiger partial charge is 0.352 e. The number of anilines is 2. The predicted molar refractivity (Wildman–Crippen MR) is 112 cm³/mol. The molecule has 1 saturated heterocycles. The molecule has 1 aliphatic heterocycles. The number of hydrogen-bond acceptors (Lipinski definition) is 5. The van der Waals surface area contributed by atoms with E-state index in [1.54, 1.807) is 6.20 Å². The van der Waals surface area contributed by atoms with Crippen molar-refractivity contribution in [1.82, 2.24) is 19.2 Å². The van der Waals surface area contributed by atoms with E-state index in [1.807, 2.05) is 38.1 Å². The van der Waals surface area contributed by atoms with Crippen LogP contribution >= 0.6 is 0 Å². The monoisotopic (exact) mass is 394 g/mol. The highest BCUT2D eigenvalue weighted by atomic mass is 16.2. The Morgan fingerprint density at radius 1 is 1.24 bits per heavy atom. The Bertz CT molecular complexity index is 1100. The topological polar surface area (TPSA) is 84.5 Å². The standard InChI is InChI=1S/C21H26N6O2/c1-14-6-5-10-25(12-14)17-9-11-26-20(22-17)24-27(21(26)29)13-18(28)23-19-15(2)7-4-8-16(19)3/h4,7-9,11,14H,5-6,10,12-13H2,1-3H3,(H,23,28). The van der Waals surface area contributed by atoms with Crippen LogP contribution in [0.4, 0.5) is 11.5 Å². The van der Waals surface area contributed by atoms with Gasteiger partial charge in [0.05, 0.1) is 0 Å². The summed E-state index contributed by atoms with van der Waals surface area (Å²) in [7, 11) is 0. The maximum Gasteiger partial charge on any atom is 0.352 e. The number of piperidine rings is 1. The molecule has 1 aliphatic rings. The van der Waals surface area contributed by atoms with Crippen LogP contribution in [0.15, 0.2) is 35.3 Å². The van der Waals surface area contributed by atoms with Gasteiger partial charge in [-0.3, -0.25) is 4.79 Å². The van der Waals surface area contributed by atoms with Gasteiger partial charge in [-0.05, 0) is 49.8 Å². The predicted octanol–water partition coefficient (Wildman–Crippen LogP) is 2.38. The summed E-state index contributed by atoms with van der Waals surface area (Å²) in [5.74, 6) is 1.46. The van der Waals surface area contributed by atoms with E-state index in [9.17, 15) is 9.59 Å². The first kappa shape index (κ1) is 19.2. The molecule has 8 heteroatoms. The second kappa shape index (κ2) is 7.69. The first-order chi connectivity index (χ1) is 13.9. The Hall–Kier alpha value is -3.16. The lowest BCUT2D eigenvalue weighted by molar-refractivity contribution is -0.117. The lowest BCUT2D eigenvalue weighted by atomic mass is 10.0. The Morgan fingerprint density at radius 3 is 2.72 bits per heavy atom. The quantitative estimate of drug-likeness (QED) is 0.734. The van der Waals surface area contributed by atoms with Crippen molar-refractivity contribution in [3.8, 4) is 0 Å². The first-order valence-corrected chi connectivity index (χ1v) is 9.99. The molecule has 29 heavy (non-hydrogen) atoms. The summed E-state index contributed by atoms with van der Waals surface area (Å²) < 4.78 is 2.54. The zero-order valence-corrected chi connectivity index (χ0v) is 17.1. The van der Waals surface area contributed by atoms with Crippen molar-refractivity contribution < 1.29 is 4.79 Å². The molecule has 2 aromatic heterocycles. The van der Waals surface area contributed by atoms with Gasteiger partial charge in [-0.2, -0.15) is 4.98 Å². The molecule has 0 spiro atoms. The van der Waals surface area contributed by atoms with Gasteiger partial charge in [0.2, 0.25) is 5.91 Å². The maximum absolute atomic E-state index is 12.6. The van der Waals surface area contributed by atoms with E-state index in [0.717, 1.165) is 46.8 Å². The van der Waals surface area contributed by atoms with Crippen LogP contribution in [-0.2, 0) is 11.3 Å². The number of fused-ring (bicyclic) bond motifs is 1. The summed E-state index contributed by atoms with van der Waals surface area (Å²) in [6.45, 7) is 7.85. The van der Waals surface area contributed by atoms with Crippen molar-refractivity contribution in [2.75, 3.05) is 23.3 Å². The Morgan fingerprint density at radius 2 is 2.00 bits per heavy atom. The van der Waals surface area contributed by atoms with Gasteiger partial charge in [0.15, 0.2) is 0 Å². The molecular weight excluding hydrogens is 368 g/mol. The van der Waals surface area contributed by atoms with Gasteiger partial charge in [-0.1, -0.05) is 25.1 Å². The minimum absolute atomic E-state index is 0.161. The summed E-state index contributed by atoms with van der Waals surface area (Å²) in [5.41, 5.74) is 2.35. The summed E-state index contributed by atoms with van der Waals surface area (Å²) in [5, 5.41) is 7.17. The molecule has 0 bridgehead atoms. The fourth-order valence-corrected chi connectivity index (χ4v) is 3.90. The summed E-state index contributed by atoms with van der Waals surface area (Å²) in [6.07, 6.45) is 4.04. The van der Waals surface area contributed by atoms with Gasteiger partial charge < -0.3 is 10.2 Å². The summed E-state index contributed by atoms with van der Waals surface area (Å²) in [4.78, 5) is 31.9. The van der Waals surface area contributed by atoms with E-state index in [0.29, 0.717) is 11.7 Å². The maximum atomic E-state index is 12.6. The number of aromatic nitrogens is 4. The lowest BCUT2D eigenvalue weighted by Crippen LogP contribution is -2.35. The number of hydrogen-bond donors (Lipinski definition) is 1. The number of para-hydroxylation sites is 1. The van der Waals surface area contributed by atoms with Gasteiger partial charge in [0.25, 0.3) is 5.78 Å². The Labute approximate surface area is 169 Å². The zero-order valence-electron chi connectivity index (χ0n) is 17.1.